The lowest BCUT2D eigenvalue weighted by Crippen LogP contribution is -2.46. The first-order valence-electron chi connectivity index (χ1n) is 6.72. The highest BCUT2D eigenvalue weighted by atomic mass is 79.9. The Kier molecular flexibility index (Phi) is 4.03. The number of halogens is 2. The summed E-state index contributed by atoms with van der Waals surface area (Å²) in [6.07, 6.45) is 0. The first kappa shape index (κ1) is 13.6. The molecular weight excluding hydrogens is 319 g/mol. The molecule has 2 aromatic rings. The molecule has 1 aliphatic rings. The van der Waals surface area contributed by atoms with Gasteiger partial charge in [0.25, 0.3) is 0 Å². The van der Waals surface area contributed by atoms with E-state index in [1.54, 1.807) is 0 Å². The molecule has 0 radical (unpaired) electrons. The molecule has 0 aromatic heterocycles. The van der Waals surface area contributed by atoms with Crippen LogP contribution in [-0.2, 0) is 0 Å². The summed E-state index contributed by atoms with van der Waals surface area (Å²) in [5, 5.41) is 3.53. The van der Waals surface area contributed by atoms with Crippen LogP contribution in [0.3, 0.4) is 0 Å². The molecule has 2 aromatic carbocycles. The maximum Gasteiger partial charge on any atom is 0.124 e. The summed E-state index contributed by atoms with van der Waals surface area (Å²) >= 11 is 3.46. The van der Waals surface area contributed by atoms with Crippen LogP contribution >= 0.6 is 15.9 Å². The number of anilines is 1. The first-order chi connectivity index (χ1) is 9.74. The molecule has 20 heavy (non-hydrogen) atoms. The van der Waals surface area contributed by atoms with Gasteiger partial charge in [0.15, 0.2) is 0 Å². The van der Waals surface area contributed by atoms with Gasteiger partial charge in [-0.25, -0.2) is 4.39 Å². The van der Waals surface area contributed by atoms with E-state index in [4.69, 9.17) is 0 Å². The number of nitrogens with one attached hydrogen (secondary N) is 1. The van der Waals surface area contributed by atoms with E-state index >= 15 is 0 Å². The summed E-state index contributed by atoms with van der Waals surface area (Å²) < 4.78 is 14.0. The number of rotatable bonds is 2. The predicted molar refractivity (Wildman–Crippen MR) is 83.5 cm³/mol. The Labute approximate surface area is 126 Å². The van der Waals surface area contributed by atoms with Crippen LogP contribution in [0.25, 0.3) is 0 Å². The van der Waals surface area contributed by atoms with E-state index < -0.39 is 0 Å². The molecular formula is C16H16BrFN2. The molecule has 3 rings (SSSR count). The Hall–Kier alpha value is -1.39. The highest BCUT2D eigenvalue weighted by molar-refractivity contribution is 9.10. The average Bonchev–Trinajstić information content (AvgIpc) is 2.48. The van der Waals surface area contributed by atoms with Gasteiger partial charge in [0, 0.05) is 30.1 Å². The van der Waals surface area contributed by atoms with Crippen molar-refractivity contribution >= 4 is 21.6 Å². The van der Waals surface area contributed by atoms with Crippen LogP contribution in [0.2, 0.25) is 0 Å². The number of hydrogen-bond donors (Lipinski definition) is 1. The van der Waals surface area contributed by atoms with Crippen molar-refractivity contribution < 1.29 is 4.39 Å². The van der Waals surface area contributed by atoms with Crippen molar-refractivity contribution in [3.8, 4) is 0 Å². The van der Waals surface area contributed by atoms with Gasteiger partial charge in [-0.05, 0) is 39.7 Å². The van der Waals surface area contributed by atoms with E-state index in [2.05, 4.69) is 50.4 Å². The summed E-state index contributed by atoms with van der Waals surface area (Å²) in [4.78, 5) is 2.29. The highest BCUT2D eigenvalue weighted by Crippen LogP contribution is 2.29. The van der Waals surface area contributed by atoms with Crippen LogP contribution in [0.1, 0.15) is 11.6 Å². The van der Waals surface area contributed by atoms with Crippen molar-refractivity contribution in [3.05, 3.63) is 64.4 Å². The van der Waals surface area contributed by atoms with Gasteiger partial charge in [-0.2, -0.15) is 0 Å². The van der Waals surface area contributed by atoms with Crippen molar-refractivity contribution in [1.82, 2.24) is 5.32 Å². The van der Waals surface area contributed by atoms with Crippen LogP contribution in [0, 0.1) is 5.82 Å². The molecule has 1 fully saturated rings. The Balaban J connectivity index is 1.81. The fraction of sp³-hybridized carbons (Fsp3) is 0.250. The van der Waals surface area contributed by atoms with Crippen molar-refractivity contribution in [1.29, 1.82) is 0 Å². The van der Waals surface area contributed by atoms with Crippen molar-refractivity contribution in [2.45, 2.75) is 6.04 Å². The smallest absolute Gasteiger partial charge is 0.124 e. The summed E-state index contributed by atoms with van der Waals surface area (Å²) in [7, 11) is 0. The summed E-state index contributed by atoms with van der Waals surface area (Å²) in [5.41, 5.74) is 2.34. The van der Waals surface area contributed by atoms with Crippen molar-refractivity contribution in [2.75, 3.05) is 24.5 Å². The van der Waals surface area contributed by atoms with Gasteiger partial charge in [0.05, 0.1) is 5.69 Å². The third kappa shape index (κ3) is 2.86. The number of hydrogen-bond acceptors (Lipinski definition) is 2. The van der Waals surface area contributed by atoms with E-state index in [1.807, 2.05) is 12.1 Å². The Morgan fingerprint density at radius 2 is 1.95 bits per heavy atom. The molecule has 0 saturated carbocycles. The molecule has 0 aliphatic carbocycles. The van der Waals surface area contributed by atoms with Gasteiger partial charge in [0.1, 0.15) is 5.82 Å². The lowest BCUT2D eigenvalue weighted by atomic mass is 10.0. The molecule has 4 heteroatoms. The zero-order chi connectivity index (χ0) is 13.9. The lowest BCUT2D eigenvalue weighted by Gasteiger charge is -2.36. The highest BCUT2D eigenvalue weighted by Gasteiger charge is 2.22. The third-order valence-electron chi connectivity index (χ3n) is 3.63. The zero-order valence-corrected chi connectivity index (χ0v) is 12.6. The van der Waals surface area contributed by atoms with Gasteiger partial charge in [-0.3, -0.25) is 0 Å². The molecule has 1 heterocycles. The predicted octanol–water partition coefficient (Wildman–Crippen LogP) is 3.74. The Morgan fingerprint density at radius 3 is 2.70 bits per heavy atom. The normalized spacial score (nSPS) is 19.1. The maximum absolute atomic E-state index is 13.2. The molecule has 0 amide bonds. The standard InChI is InChI=1S/C16H16BrFN2/c17-14-10-13(18)6-7-16(14)20-9-8-19-15(11-20)12-4-2-1-3-5-12/h1-7,10,15,19H,8-9,11H2. The summed E-state index contributed by atoms with van der Waals surface area (Å²) in [6, 6.07) is 15.6. The Bertz CT molecular complexity index is 588. The quantitative estimate of drug-likeness (QED) is 0.899. The summed E-state index contributed by atoms with van der Waals surface area (Å²) in [6.45, 7) is 2.73. The Morgan fingerprint density at radius 1 is 1.15 bits per heavy atom. The fourth-order valence-corrected chi connectivity index (χ4v) is 3.22. The minimum absolute atomic E-state index is 0.213. The van der Waals surface area contributed by atoms with Crippen molar-refractivity contribution in [3.63, 3.8) is 0 Å². The van der Waals surface area contributed by atoms with Crippen LogP contribution in [-0.4, -0.2) is 19.6 Å². The number of piperazine rings is 1. The second-order valence-electron chi connectivity index (χ2n) is 4.96. The average molecular weight is 335 g/mol. The number of nitrogens with zero attached hydrogens (tertiary/aromatic N) is 1. The largest absolute Gasteiger partial charge is 0.367 e. The van der Waals surface area contributed by atoms with Gasteiger partial charge in [-0.1, -0.05) is 30.3 Å². The van der Waals surface area contributed by atoms with Gasteiger partial charge in [-0.15, -0.1) is 0 Å². The van der Waals surface area contributed by atoms with Gasteiger partial charge >= 0.3 is 0 Å². The van der Waals surface area contributed by atoms with Crippen LogP contribution in [0.15, 0.2) is 53.0 Å². The molecule has 1 N–H and O–H groups in total. The summed E-state index contributed by atoms with van der Waals surface area (Å²) in [5.74, 6) is -0.213. The van der Waals surface area contributed by atoms with E-state index in [1.165, 1.54) is 17.7 Å². The second-order valence-corrected chi connectivity index (χ2v) is 5.81. The van der Waals surface area contributed by atoms with E-state index in [0.717, 1.165) is 29.8 Å². The molecule has 1 atom stereocenters. The van der Waals surface area contributed by atoms with Gasteiger partial charge < -0.3 is 10.2 Å². The molecule has 104 valence electrons. The lowest BCUT2D eigenvalue weighted by molar-refractivity contribution is 0.471. The monoisotopic (exact) mass is 334 g/mol. The minimum Gasteiger partial charge on any atom is -0.367 e. The number of benzene rings is 2. The molecule has 2 nitrogen and oxygen atoms in total. The van der Waals surface area contributed by atoms with Gasteiger partial charge in [0.2, 0.25) is 0 Å². The first-order valence-corrected chi connectivity index (χ1v) is 7.51. The van der Waals surface area contributed by atoms with E-state index in [-0.39, 0.29) is 5.82 Å². The minimum atomic E-state index is -0.213. The van der Waals surface area contributed by atoms with Crippen LogP contribution in [0.5, 0.6) is 0 Å². The zero-order valence-electron chi connectivity index (χ0n) is 11.0. The fourth-order valence-electron chi connectivity index (χ4n) is 2.62. The molecule has 1 unspecified atom stereocenters. The van der Waals surface area contributed by atoms with E-state index in [0.29, 0.717) is 6.04 Å². The van der Waals surface area contributed by atoms with Crippen LogP contribution in [0.4, 0.5) is 10.1 Å². The SMILES string of the molecule is Fc1ccc(N2CCNC(c3ccccc3)C2)c(Br)c1. The maximum atomic E-state index is 13.2. The second kappa shape index (κ2) is 5.94. The molecule has 0 bridgehead atoms. The third-order valence-corrected chi connectivity index (χ3v) is 4.26. The molecule has 0 spiro atoms. The van der Waals surface area contributed by atoms with Crippen LogP contribution < -0.4 is 10.2 Å². The molecule has 1 saturated heterocycles. The topological polar surface area (TPSA) is 15.3 Å². The molecule has 1 aliphatic heterocycles. The van der Waals surface area contributed by atoms with E-state index in [9.17, 15) is 4.39 Å². The van der Waals surface area contributed by atoms with Crippen molar-refractivity contribution in [2.24, 2.45) is 0 Å².